The van der Waals surface area contributed by atoms with Gasteiger partial charge in [0.2, 0.25) is 0 Å². The predicted molar refractivity (Wildman–Crippen MR) is 86.2 cm³/mol. The van der Waals surface area contributed by atoms with Crippen molar-refractivity contribution in [3.63, 3.8) is 0 Å². The molecule has 4 heteroatoms. The van der Waals surface area contributed by atoms with Gasteiger partial charge in [-0.15, -0.1) is 0 Å². The molecule has 1 aromatic carbocycles. The summed E-state index contributed by atoms with van der Waals surface area (Å²) in [5, 5.41) is 11.2. The van der Waals surface area contributed by atoms with E-state index in [-0.39, 0.29) is 21.7 Å². The summed E-state index contributed by atoms with van der Waals surface area (Å²) in [6.45, 7) is 11.0. The second-order valence-corrected chi connectivity index (χ2v) is 3.36. The van der Waals surface area contributed by atoms with Crippen LogP contribution in [0.15, 0.2) is 24.3 Å². The van der Waals surface area contributed by atoms with E-state index in [1.54, 1.807) is 21.1 Å². The molecule has 0 radical (unpaired) electrons. The molecule has 0 aliphatic rings. The number of aryl methyl sites for hydroxylation is 1. The van der Waals surface area contributed by atoms with E-state index in [0.717, 1.165) is 19.6 Å². The van der Waals surface area contributed by atoms with Gasteiger partial charge in [-0.25, -0.2) is 12.1 Å². The largest absolute Gasteiger partial charge is 4.00 e. The monoisotopic (exact) mass is 301 g/mol. The van der Waals surface area contributed by atoms with Gasteiger partial charge < -0.3 is 16.0 Å². The van der Waals surface area contributed by atoms with Crippen LogP contribution in [0.3, 0.4) is 0 Å². The van der Waals surface area contributed by atoms with Gasteiger partial charge >= 0.3 is 21.7 Å². The van der Waals surface area contributed by atoms with Crippen LogP contribution >= 0.6 is 0 Å². The minimum Gasteiger partial charge on any atom is -0.665 e. The fourth-order valence-corrected chi connectivity index (χ4v) is 0.470. The summed E-state index contributed by atoms with van der Waals surface area (Å²) in [5.41, 5.74) is 1.34. The maximum absolute atomic E-state index is 3.74. The second kappa shape index (κ2) is 30.7. The Morgan fingerprint density at radius 3 is 1.00 bits per heavy atom. The molecule has 0 aliphatic carbocycles. The minimum atomic E-state index is 0. The molecule has 0 heterocycles. The van der Waals surface area contributed by atoms with Crippen LogP contribution in [0.2, 0.25) is 0 Å². The Morgan fingerprint density at radius 2 is 0.947 bits per heavy atom. The van der Waals surface area contributed by atoms with Gasteiger partial charge in [-0.3, -0.25) is 0 Å². The van der Waals surface area contributed by atoms with E-state index in [9.17, 15) is 0 Å². The maximum Gasteiger partial charge on any atom is 4.00 e. The summed E-state index contributed by atoms with van der Waals surface area (Å²) < 4.78 is 0. The molecule has 1 aromatic rings. The molecule has 0 spiro atoms. The minimum absolute atomic E-state index is 0. The normalized spacial score (nSPS) is 7.53. The van der Waals surface area contributed by atoms with Crippen molar-refractivity contribution in [1.82, 2.24) is 0 Å². The number of hydrogen-bond acceptors (Lipinski definition) is 0. The zero-order chi connectivity index (χ0) is 14.6. The van der Waals surface area contributed by atoms with Crippen molar-refractivity contribution in [2.75, 3.05) is 40.8 Å². The molecule has 0 bridgehead atoms. The summed E-state index contributed by atoms with van der Waals surface area (Å²) in [5.74, 6) is 0. The van der Waals surface area contributed by atoms with Crippen molar-refractivity contribution in [3.8, 4) is 0 Å². The standard InChI is InChI=1S/C6H7.3C3H8N.Ti/c1-6-4-2-3-5-6;3*1-3-4-2;/h2-5H,1H3;3*3H2,1-2H3;/q4*-1;+4. The SMILES string of the molecule is CC[N-]C.CC[N-]C.CC[N-]C.C[c-]1cccc1.[Ti+4]. The van der Waals surface area contributed by atoms with Gasteiger partial charge in [0, 0.05) is 0 Å². The summed E-state index contributed by atoms with van der Waals surface area (Å²) in [7, 11) is 5.42. The number of nitrogens with zero attached hydrogens (tertiary/aromatic N) is 3. The Labute approximate surface area is 136 Å². The van der Waals surface area contributed by atoms with Gasteiger partial charge in [0.15, 0.2) is 0 Å². The van der Waals surface area contributed by atoms with Crippen LogP contribution in [0.5, 0.6) is 0 Å². The Morgan fingerprint density at radius 1 is 0.737 bits per heavy atom. The zero-order valence-corrected chi connectivity index (χ0v) is 15.3. The van der Waals surface area contributed by atoms with E-state index < -0.39 is 0 Å². The third-order valence-electron chi connectivity index (χ3n) is 1.78. The first-order chi connectivity index (χ1) is 8.64. The molecule has 0 aliphatic heterocycles. The van der Waals surface area contributed by atoms with Gasteiger partial charge in [-0.05, 0) is 0 Å². The van der Waals surface area contributed by atoms with Gasteiger partial charge in [-0.2, -0.15) is 58.5 Å². The Balaban J connectivity index is -0.0000000796. The van der Waals surface area contributed by atoms with Crippen molar-refractivity contribution in [3.05, 3.63) is 45.8 Å². The Kier molecular flexibility index (Phi) is 44.2. The molecule has 1 rings (SSSR count). The number of hydrogen-bond donors (Lipinski definition) is 0. The summed E-state index contributed by atoms with van der Waals surface area (Å²) >= 11 is 0. The van der Waals surface area contributed by atoms with E-state index in [1.165, 1.54) is 5.56 Å². The smallest absolute Gasteiger partial charge is 0.665 e. The van der Waals surface area contributed by atoms with Crippen molar-refractivity contribution in [1.29, 1.82) is 0 Å². The van der Waals surface area contributed by atoms with Crippen molar-refractivity contribution >= 4 is 0 Å². The van der Waals surface area contributed by atoms with Crippen LogP contribution in [-0.4, -0.2) is 40.8 Å². The molecular weight excluding hydrogens is 270 g/mol. The van der Waals surface area contributed by atoms with E-state index in [4.69, 9.17) is 0 Å². The second-order valence-electron chi connectivity index (χ2n) is 3.36. The summed E-state index contributed by atoms with van der Waals surface area (Å²) in [6, 6.07) is 8.24. The molecule has 19 heavy (non-hydrogen) atoms. The van der Waals surface area contributed by atoms with E-state index in [0.29, 0.717) is 0 Å². The Bertz CT molecular complexity index is 174. The average Bonchev–Trinajstić information content (AvgIpc) is 2.90. The molecular formula is C15H31N3Ti. The van der Waals surface area contributed by atoms with E-state index >= 15 is 0 Å². The first-order valence-corrected chi connectivity index (χ1v) is 6.49. The van der Waals surface area contributed by atoms with Crippen LogP contribution in [0.1, 0.15) is 26.3 Å². The molecule has 0 saturated carbocycles. The molecule has 0 saturated heterocycles. The Hall–Kier alpha value is -0.0557. The summed E-state index contributed by atoms with van der Waals surface area (Å²) in [4.78, 5) is 0. The molecule has 0 fully saturated rings. The van der Waals surface area contributed by atoms with Crippen LogP contribution in [0, 0.1) is 6.92 Å². The fraction of sp³-hybridized carbons (Fsp3) is 0.667. The first kappa shape index (κ1) is 27.3. The molecule has 0 N–H and O–H groups in total. The third kappa shape index (κ3) is 46.1. The topological polar surface area (TPSA) is 42.3 Å². The molecule has 110 valence electrons. The van der Waals surface area contributed by atoms with Crippen LogP contribution in [0.4, 0.5) is 0 Å². The van der Waals surface area contributed by atoms with Gasteiger partial charge in [0.1, 0.15) is 0 Å². The molecule has 3 nitrogen and oxygen atoms in total. The average molecular weight is 301 g/mol. The van der Waals surface area contributed by atoms with Crippen molar-refractivity contribution in [2.45, 2.75) is 27.7 Å². The van der Waals surface area contributed by atoms with E-state index in [2.05, 4.69) is 35.0 Å². The molecule has 0 atom stereocenters. The van der Waals surface area contributed by atoms with Gasteiger partial charge in [0.25, 0.3) is 0 Å². The predicted octanol–water partition coefficient (Wildman–Crippen LogP) is 4.74. The summed E-state index contributed by atoms with van der Waals surface area (Å²) in [6.07, 6.45) is 0. The van der Waals surface area contributed by atoms with Crippen molar-refractivity contribution in [2.24, 2.45) is 0 Å². The van der Waals surface area contributed by atoms with Gasteiger partial charge in [-0.1, -0.05) is 27.7 Å². The zero-order valence-electron chi connectivity index (χ0n) is 13.8. The first-order valence-electron chi connectivity index (χ1n) is 6.49. The van der Waals surface area contributed by atoms with Gasteiger partial charge in [0.05, 0.1) is 0 Å². The van der Waals surface area contributed by atoms with Crippen LogP contribution in [-0.2, 0) is 21.7 Å². The third-order valence-corrected chi connectivity index (χ3v) is 1.78. The van der Waals surface area contributed by atoms with Crippen LogP contribution < -0.4 is 0 Å². The van der Waals surface area contributed by atoms with E-state index in [1.807, 2.05) is 32.9 Å². The number of rotatable bonds is 3. The quantitative estimate of drug-likeness (QED) is 0.571. The maximum atomic E-state index is 3.74. The van der Waals surface area contributed by atoms with Crippen molar-refractivity contribution < 1.29 is 21.7 Å². The molecule has 0 amide bonds. The van der Waals surface area contributed by atoms with Crippen LogP contribution in [0.25, 0.3) is 16.0 Å². The molecule has 0 aromatic heterocycles. The fourth-order valence-electron chi connectivity index (χ4n) is 0.470. The molecule has 0 unspecified atom stereocenters.